The Hall–Kier alpha value is -0.200. The van der Waals surface area contributed by atoms with E-state index in [1.165, 1.54) is 17.6 Å². The Bertz CT molecular complexity index is 439. The highest BCUT2D eigenvalue weighted by Gasteiger charge is 2.35. The Kier molecular flexibility index (Phi) is 3.73. The number of hydrogen-bond donors (Lipinski definition) is 0. The average molecular weight is 269 g/mol. The second-order valence-electron chi connectivity index (χ2n) is 3.72. The van der Waals surface area contributed by atoms with Crippen molar-refractivity contribution < 1.29 is 8.42 Å². The van der Waals surface area contributed by atoms with Crippen molar-refractivity contribution in [3.8, 4) is 0 Å². The zero-order valence-corrected chi connectivity index (χ0v) is 11.2. The first kappa shape index (κ1) is 12.9. The van der Waals surface area contributed by atoms with Crippen LogP contribution in [-0.4, -0.2) is 30.8 Å². The van der Waals surface area contributed by atoms with Gasteiger partial charge in [0.15, 0.2) is 9.84 Å². The Morgan fingerprint density at radius 3 is 2.47 bits per heavy atom. The van der Waals surface area contributed by atoms with Gasteiger partial charge in [0.05, 0.1) is 0 Å². The third-order valence-electron chi connectivity index (χ3n) is 2.22. The first-order valence-corrected chi connectivity index (χ1v) is 7.61. The molecule has 0 aromatic carbocycles. The number of halogens is 1. The third-order valence-corrected chi connectivity index (χ3v) is 5.89. The highest BCUT2D eigenvalue weighted by Crippen LogP contribution is 2.31. The molecule has 1 aromatic rings. The van der Waals surface area contributed by atoms with Crippen LogP contribution in [0.3, 0.4) is 0 Å². The van der Waals surface area contributed by atoms with Crippen molar-refractivity contribution in [2.75, 3.05) is 12.1 Å². The van der Waals surface area contributed by atoms with Crippen molar-refractivity contribution >= 4 is 32.8 Å². The molecule has 0 aliphatic heterocycles. The molecule has 1 rings (SSSR count). The molecule has 0 fully saturated rings. The lowest BCUT2D eigenvalue weighted by Crippen LogP contribution is -2.27. The van der Waals surface area contributed by atoms with E-state index in [-0.39, 0.29) is 0 Å². The summed E-state index contributed by atoms with van der Waals surface area (Å²) in [4.78, 5) is 0. The second kappa shape index (κ2) is 4.35. The van der Waals surface area contributed by atoms with Gasteiger partial charge in [0, 0.05) is 18.6 Å². The van der Waals surface area contributed by atoms with Gasteiger partial charge in [-0.2, -0.15) is 0 Å². The van der Waals surface area contributed by atoms with E-state index < -0.39 is 14.6 Å². The first-order chi connectivity index (χ1) is 6.79. The zero-order valence-electron chi connectivity index (χ0n) is 8.82. The summed E-state index contributed by atoms with van der Waals surface area (Å²) in [7, 11) is -3.18. The number of sulfone groups is 1. The number of rotatable bonds is 4. The molecule has 0 saturated heterocycles. The van der Waals surface area contributed by atoms with Crippen LogP contribution in [0.1, 0.15) is 23.9 Å². The van der Waals surface area contributed by atoms with E-state index in [1.54, 1.807) is 13.8 Å². The van der Waals surface area contributed by atoms with Crippen molar-refractivity contribution in [3.05, 3.63) is 10.0 Å². The van der Waals surface area contributed by atoms with E-state index in [1.807, 2.05) is 0 Å². The molecule has 0 amide bonds. The molecule has 0 spiro atoms. The van der Waals surface area contributed by atoms with Crippen LogP contribution >= 0.6 is 22.9 Å². The van der Waals surface area contributed by atoms with Gasteiger partial charge in [0.2, 0.25) is 0 Å². The van der Waals surface area contributed by atoms with Crippen molar-refractivity contribution in [3.63, 3.8) is 0 Å². The molecular formula is C8H13ClN2O2S2. The largest absolute Gasteiger partial charge is 0.228 e. The van der Waals surface area contributed by atoms with Gasteiger partial charge in [-0.05, 0) is 13.8 Å². The van der Waals surface area contributed by atoms with Gasteiger partial charge < -0.3 is 0 Å². The average Bonchev–Trinajstić information content (AvgIpc) is 2.51. The number of nitrogens with zero attached hydrogens (tertiary/aromatic N) is 2. The molecule has 0 atom stereocenters. The molecule has 1 heterocycles. The number of aromatic nitrogens is 2. The molecule has 0 unspecified atom stereocenters. The normalized spacial score (nSPS) is 13.1. The second-order valence-corrected chi connectivity index (χ2v) is 7.73. The summed E-state index contributed by atoms with van der Waals surface area (Å²) in [6.45, 7) is 3.26. The van der Waals surface area contributed by atoms with Crippen LogP contribution in [0, 0.1) is 0 Å². The molecular weight excluding hydrogens is 256 g/mol. The summed E-state index contributed by atoms with van der Waals surface area (Å²) in [6, 6.07) is 0. The van der Waals surface area contributed by atoms with E-state index in [4.69, 9.17) is 11.6 Å². The minimum atomic E-state index is -3.18. The summed E-state index contributed by atoms with van der Waals surface area (Å²) in [5, 5.41) is 9.10. The van der Waals surface area contributed by atoms with Gasteiger partial charge in [-0.25, -0.2) is 8.42 Å². The van der Waals surface area contributed by atoms with E-state index in [0.29, 0.717) is 17.3 Å². The van der Waals surface area contributed by atoms with Gasteiger partial charge >= 0.3 is 0 Å². The van der Waals surface area contributed by atoms with Crippen LogP contribution in [0.2, 0.25) is 0 Å². The van der Waals surface area contributed by atoms with Gasteiger partial charge in [-0.1, -0.05) is 11.3 Å². The van der Waals surface area contributed by atoms with E-state index in [2.05, 4.69) is 10.2 Å². The van der Waals surface area contributed by atoms with Crippen molar-refractivity contribution in [2.24, 2.45) is 0 Å². The summed E-state index contributed by atoms with van der Waals surface area (Å²) >= 11 is 6.88. The minimum Gasteiger partial charge on any atom is -0.228 e. The quantitative estimate of drug-likeness (QED) is 0.779. The summed E-state index contributed by atoms with van der Waals surface area (Å²) in [5.74, 6) is 0.466. The standard InChI is InChI=1S/C8H13ClN2O2S2/c1-8(2,15(3,12)13)7-11-10-6(14-7)4-5-9/h4-5H2,1-3H3. The SMILES string of the molecule is CC(C)(c1nnc(CCCl)s1)S(C)(=O)=O. The highest BCUT2D eigenvalue weighted by atomic mass is 35.5. The lowest BCUT2D eigenvalue weighted by Gasteiger charge is -2.18. The van der Waals surface area contributed by atoms with Crippen molar-refractivity contribution in [2.45, 2.75) is 25.0 Å². The third kappa shape index (κ3) is 2.68. The molecule has 7 heteroatoms. The van der Waals surface area contributed by atoms with Crippen molar-refractivity contribution in [1.82, 2.24) is 10.2 Å². The Morgan fingerprint density at radius 2 is 2.00 bits per heavy atom. The molecule has 15 heavy (non-hydrogen) atoms. The molecule has 4 nitrogen and oxygen atoms in total. The maximum atomic E-state index is 11.5. The molecule has 0 bridgehead atoms. The Labute approximate surface area is 98.6 Å². The van der Waals surface area contributed by atoms with Crippen LogP contribution in [0.5, 0.6) is 0 Å². The number of alkyl halides is 1. The van der Waals surface area contributed by atoms with Crippen LogP contribution in [-0.2, 0) is 21.0 Å². The smallest absolute Gasteiger partial charge is 0.159 e. The van der Waals surface area contributed by atoms with Gasteiger partial charge in [0.1, 0.15) is 14.8 Å². The lowest BCUT2D eigenvalue weighted by atomic mass is 10.2. The lowest BCUT2D eigenvalue weighted by molar-refractivity contribution is 0.559. The van der Waals surface area contributed by atoms with Gasteiger partial charge in [0.25, 0.3) is 0 Å². The maximum absolute atomic E-state index is 11.5. The predicted molar refractivity (Wildman–Crippen MR) is 62.2 cm³/mol. The molecule has 0 radical (unpaired) electrons. The fourth-order valence-electron chi connectivity index (χ4n) is 0.837. The number of hydrogen-bond acceptors (Lipinski definition) is 5. The van der Waals surface area contributed by atoms with Crippen LogP contribution in [0.15, 0.2) is 0 Å². The van der Waals surface area contributed by atoms with Gasteiger partial charge in [-0.15, -0.1) is 21.8 Å². The monoisotopic (exact) mass is 268 g/mol. The van der Waals surface area contributed by atoms with Crippen LogP contribution in [0.25, 0.3) is 0 Å². The minimum absolute atomic E-state index is 0.466. The predicted octanol–water partition coefficient (Wildman–Crippen LogP) is 1.60. The summed E-state index contributed by atoms with van der Waals surface area (Å²) < 4.78 is 22.1. The van der Waals surface area contributed by atoms with E-state index in [9.17, 15) is 8.42 Å². The zero-order chi connectivity index (χ0) is 11.7. The molecule has 0 aliphatic rings. The molecule has 1 aromatic heterocycles. The molecule has 86 valence electrons. The topological polar surface area (TPSA) is 59.9 Å². The maximum Gasteiger partial charge on any atom is 0.159 e. The fraction of sp³-hybridized carbons (Fsp3) is 0.750. The molecule has 0 aliphatic carbocycles. The highest BCUT2D eigenvalue weighted by molar-refractivity contribution is 7.91. The van der Waals surface area contributed by atoms with E-state index >= 15 is 0 Å². The fourth-order valence-corrected chi connectivity index (χ4v) is 2.90. The van der Waals surface area contributed by atoms with Crippen LogP contribution in [0.4, 0.5) is 0 Å². The first-order valence-electron chi connectivity index (χ1n) is 4.37. The molecule has 0 saturated carbocycles. The van der Waals surface area contributed by atoms with E-state index in [0.717, 1.165) is 5.01 Å². The Morgan fingerprint density at radius 1 is 1.40 bits per heavy atom. The van der Waals surface area contributed by atoms with Gasteiger partial charge in [-0.3, -0.25) is 0 Å². The van der Waals surface area contributed by atoms with Crippen molar-refractivity contribution in [1.29, 1.82) is 0 Å². The summed E-state index contributed by atoms with van der Waals surface area (Å²) in [6.07, 6.45) is 1.83. The van der Waals surface area contributed by atoms with Crippen LogP contribution < -0.4 is 0 Å². The number of aryl methyl sites for hydroxylation is 1. The molecule has 0 N–H and O–H groups in total. The Balaban J connectivity index is 3.06. The summed E-state index contributed by atoms with van der Waals surface area (Å²) in [5.41, 5.74) is 0.